The minimum absolute atomic E-state index is 0.212. The fourth-order valence-electron chi connectivity index (χ4n) is 2.08. The zero-order chi connectivity index (χ0) is 15.9. The number of guanidine groups is 1. The van der Waals surface area contributed by atoms with Crippen LogP contribution in [-0.2, 0) is 4.74 Å². The standard InChI is InChI=1S/C14H29N5O2/c1-14(2,3)21-13(20)19-10-8-18(9-11-19)7-5-6-17-12(15)16-4/h5-11H2,1-4H3,(H3,15,16,17). The van der Waals surface area contributed by atoms with Crippen molar-refractivity contribution in [3.8, 4) is 0 Å². The Kier molecular flexibility index (Phi) is 6.74. The lowest BCUT2D eigenvalue weighted by molar-refractivity contribution is 0.0145. The van der Waals surface area contributed by atoms with Gasteiger partial charge in [-0.2, -0.15) is 0 Å². The molecule has 0 aromatic carbocycles. The van der Waals surface area contributed by atoms with E-state index < -0.39 is 5.60 Å². The number of nitrogens with zero attached hydrogens (tertiary/aromatic N) is 3. The molecule has 1 fully saturated rings. The van der Waals surface area contributed by atoms with Crippen molar-refractivity contribution in [2.75, 3.05) is 46.3 Å². The maximum absolute atomic E-state index is 11.9. The highest BCUT2D eigenvalue weighted by atomic mass is 16.6. The minimum atomic E-state index is -0.430. The summed E-state index contributed by atoms with van der Waals surface area (Å²) in [5.41, 5.74) is 5.13. The molecular weight excluding hydrogens is 270 g/mol. The summed E-state index contributed by atoms with van der Waals surface area (Å²) < 4.78 is 5.38. The van der Waals surface area contributed by atoms with Crippen molar-refractivity contribution in [1.82, 2.24) is 15.1 Å². The van der Waals surface area contributed by atoms with Crippen LogP contribution >= 0.6 is 0 Å². The molecule has 1 saturated heterocycles. The fraction of sp³-hybridized carbons (Fsp3) is 0.857. The molecule has 1 amide bonds. The largest absolute Gasteiger partial charge is 0.444 e. The number of hydrogen-bond acceptors (Lipinski definition) is 4. The Bertz CT molecular complexity index is 357. The molecule has 7 nitrogen and oxygen atoms in total. The number of hydrogen-bond donors (Lipinski definition) is 2. The zero-order valence-corrected chi connectivity index (χ0v) is 13.7. The summed E-state index contributed by atoms with van der Waals surface area (Å²) in [5.74, 6) is 0.477. The molecule has 1 aliphatic heterocycles. The first-order chi connectivity index (χ1) is 9.81. The lowest BCUT2D eigenvalue weighted by Gasteiger charge is -2.35. The average molecular weight is 299 g/mol. The molecule has 1 heterocycles. The van der Waals surface area contributed by atoms with Crippen LogP contribution in [0.4, 0.5) is 4.79 Å². The molecule has 21 heavy (non-hydrogen) atoms. The van der Waals surface area contributed by atoms with Gasteiger partial charge in [-0.1, -0.05) is 0 Å². The molecule has 122 valence electrons. The second kappa shape index (κ2) is 8.07. The number of carbonyl (C=O) groups excluding carboxylic acids is 1. The zero-order valence-electron chi connectivity index (χ0n) is 13.7. The maximum atomic E-state index is 11.9. The van der Waals surface area contributed by atoms with Gasteiger partial charge in [0.25, 0.3) is 0 Å². The molecule has 0 radical (unpaired) electrons. The molecule has 0 bridgehead atoms. The van der Waals surface area contributed by atoms with Gasteiger partial charge in [0.05, 0.1) is 0 Å². The van der Waals surface area contributed by atoms with Crippen LogP contribution in [0.3, 0.4) is 0 Å². The number of amides is 1. The van der Waals surface area contributed by atoms with Gasteiger partial charge in [-0.15, -0.1) is 0 Å². The number of carbonyl (C=O) groups is 1. The normalized spacial score (nSPS) is 17.7. The van der Waals surface area contributed by atoms with E-state index in [1.807, 2.05) is 20.8 Å². The van der Waals surface area contributed by atoms with Crippen LogP contribution in [0, 0.1) is 0 Å². The molecule has 0 spiro atoms. The van der Waals surface area contributed by atoms with Crippen molar-refractivity contribution < 1.29 is 9.53 Å². The molecule has 3 N–H and O–H groups in total. The van der Waals surface area contributed by atoms with Gasteiger partial charge in [-0.25, -0.2) is 4.79 Å². The number of ether oxygens (including phenoxy) is 1. The summed E-state index contributed by atoms with van der Waals surface area (Å²) in [4.78, 5) is 19.9. The summed E-state index contributed by atoms with van der Waals surface area (Å²) in [6.07, 6.45) is 0.790. The van der Waals surface area contributed by atoms with Gasteiger partial charge in [0.1, 0.15) is 5.60 Å². The highest BCUT2D eigenvalue weighted by molar-refractivity contribution is 5.77. The van der Waals surface area contributed by atoms with Crippen LogP contribution in [0.15, 0.2) is 4.99 Å². The highest BCUT2D eigenvalue weighted by Gasteiger charge is 2.25. The summed E-state index contributed by atoms with van der Waals surface area (Å²) in [7, 11) is 1.66. The van der Waals surface area contributed by atoms with Gasteiger partial charge in [-0.05, 0) is 33.7 Å². The Balaban J connectivity index is 2.19. The van der Waals surface area contributed by atoms with Gasteiger partial charge in [0.15, 0.2) is 5.96 Å². The summed E-state index contributed by atoms with van der Waals surface area (Å²) >= 11 is 0. The molecular formula is C14H29N5O2. The maximum Gasteiger partial charge on any atom is 0.410 e. The van der Waals surface area contributed by atoms with Crippen LogP contribution in [-0.4, -0.2) is 73.8 Å². The molecule has 0 aliphatic carbocycles. The van der Waals surface area contributed by atoms with Crippen molar-refractivity contribution >= 4 is 12.1 Å². The van der Waals surface area contributed by atoms with Crippen molar-refractivity contribution in [2.45, 2.75) is 32.8 Å². The van der Waals surface area contributed by atoms with Crippen LogP contribution in [0.5, 0.6) is 0 Å². The van der Waals surface area contributed by atoms with E-state index in [0.29, 0.717) is 5.96 Å². The van der Waals surface area contributed by atoms with Crippen LogP contribution in [0.25, 0.3) is 0 Å². The van der Waals surface area contributed by atoms with Crippen LogP contribution in [0.1, 0.15) is 27.2 Å². The van der Waals surface area contributed by atoms with Gasteiger partial charge in [-0.3, -0.25) is 9.89 Å². The van der Waals surface area contributed by atoms with E-state index in [4.69, 9.17) is 10.5 Å². The Morgan fingerprint density at radius 1 is 1.29 bits per heavy atom. The lowest BCUT2D eigenvalue weighted by atomic mass is 10.2. The quantitative estimate of drug-likeness (QED) is 0.448. The van der Waals surface area contributed by atoms with Crippen molar-refractivity contribution in [3.63, 3.8) is 0 Å². The Hall–Kier alpha value is -1.50. The topological polar surface area (TPSA) is 83.2 Å². The number of nitrogens with two attached hydrogens (primary N) is 1. The third-order valence-corrected chi connectivity index (χ3v) is 3.22. The number of piperazine rings is 1. The van der Waals surface area contributed by atoms with E-state index in [-0.39, 0.29) is 6.09 Å². The van der Waals surface area contributed by atoms with E-state index in [2.05, 4.69) is 15.2 Å². The molecule has 0 aromatic heterocycles. The minimum Gasteiger partial charge on any atom is -0.444 e. The molecule has 1 aliphatic rings. The van der Waals surface area contributed by atoms with E-state index in [1.54, 1.807) is 11.9 Å². The number of nitrogens with one attached hydrogen (secondary N) is 1. The van der Waals surface area contributed by atoms with E-state index >= 15 is 0 Å². The van der Waals surface area contributed by atoms with Crippen molar-refractivity contribution in [3.05, 3.63) is 0 Å². The molecule has 1 rings (SSSR count). The number of aliphatic imine (C=N–C) groups is 1. The van der Waals surface area contributed by atoms with Gasteiger partial charge in [0.2, 0.25) is 0 Å². The van der Waals surface area contributed by atoms with E-state index in [9.17, 15) is 4.79 Å². The van der Waals surface area contributed by atoms with Gasteiger partial charge < -0.3 is 20.7 Å². The monoisotopic (exact) mass is 299 g/mol. The molecule has 0 unspecified atom stereocenters. The highest BCUT2D eigenvalue weighted by Crippen LogP contribution is 2.11. The number of rotatable bonds is 4. The van der Waals surface area contributed by atoms with Gasteiger partial charge in [0, 0.05) is 39.8 Å². The first-order valence-corrected chi connectivity index (χ1v) is 7.48. The molecule has 7 heteroatoms. The van der Waals surface area contributed by atoms with Gasteiger partial charge >= 0.3 is 6.09 Å². The molecule has 0 aromatic rings. The van der Waals surface area contributed by atoms with E-state index in [1.165, 1.54) is 0 Å². The van der Waals surface area contributed by atoms with Crippen LogP contribution < -0.4 is 11.1 Å². The lowest BCUT2D eigenvalue weighted by Crippen LogP contribution is -2.50. The van der Waals surface area contributed by atoms with Crippen molar-refractivity contribution in [2.24, 2.45) is 10.7 Å². The molecule has 0 saturated carbocycles. The second-order valence-electron chi connectivity index (χ2n) is 6.20. The average Bonchev–Trinajstić information content (AvgIpc) is 2.42. The smallest absolute Gasteiger partial charge is 0.410 e. The summed E-state index contributed by atoms with van der Waals surface area (Å²) in [5, 5.41) is 3.04. The summed E-state index contributed by atoms with van der Waals surface area (Å²) in [6.45, 7) is 10.7. The first kappa shape index (κ1) is 17.6. The van der Waals surface area contributed by atoms with Crippen LogP contribution in [0.2, 0.25) is 0 Å². The predicted molar refractivity (Wildman–Crippen MR) is 84.4 cm³/mol. The third kappa shape index (κ3) is 7.17. The van der Waals surface area contributed by atoms with Crippen molar-refractivity contribution in [1.29, 1.82) is 0 Å². The Morgan fingerprint density at radius 3 is 2.43 bits per heavy atom. The van der Waals surface area contributed by atoms with E-state index in [0.717, 1.165) is 45.7 Å². The Morgan fingerprint density at radius 2 is 1.90 bits per heavy atom. The first-order valence-electron chi connectivity index (χ1n) is 7.48. The fourth-order valence-corrected chi connectivity index (χ4v) is 2.08. The third-order valence-electron chi connectivity index (χ3n) is 3.22. The Labute approximate surface area is 127 Å². The summed E-state index contributed by atoms with van der Waals surface area (Å²) in [6, 6.07) is 0. The predicted octanol–water partition coefficient (Wildman–Crippen LogP) is 0.463. The SMILES string of the molecule is CN=C(N)NCCCN1CCN(C(=O)OC(C)(C)C)CC1. The second-order valence-corrected chi connectivity index (χ2v) is 6.20. The molecule has 0 atom stereocenters.